The van der Waals surface area contributed by atoms with E-state index >= 15 is 0 Å². The second-order valence-electron chi connectivity index (χ2n) is 8.79. The summed E-state index contributed by atoms with van der Waals surface area (Å²) in [6.45, 7) is 11.1. The van der Waals surface area contributed by atoms with Gasteiger partial charge in [0, 0.05) is 22.5 Å². The molecule has 0 saturated heterocycles. The molecule has 2 rings (SSSR count). The first-order valence-corrected chi connectivity index (χ1v) is 11.2. The summed E-state index contributed by atoms with van der Waals surface area (Å²) in [6.07, 6.45) is 0. The van der Waals surface area contributed by atoms with Crippen molar-refractivity contribution in [3.05, 3.63) is 41.0 Å². The van der Waals surface area contributed by atoms with Crippen molar-refractivity contribution in [1.82, 2.24) is 20.0 Å². The van der Waals surface area contributed by atoms with Crippen LogP contribution in [0.4, 0.5) is 10.6 Å². The minimum absolute atomic E-state index is 0.205. The van der Waals surface area contributed by atoms with E-state index in [9.17, 15) is 14.4 Å². The zero-order valence-corrected chi connectivity index (χ0v) is 20.7. The first kappa shape index (κ1) is 26.2. The molecule has 2 N–H and O–H groups in total. The third kappa shape index (κ3) is 7.49. The molecule has 33 heavy (non-hydrogen) atoms. The van der Waals surface area contributed by atoms with Gasteiger partial charge in [-0.3, -0.25) is 9.59 Å². The van der Waals surface area contributed by atoms with Gasteiger partial charge < -0.3 is 20.3 Å². The molecule has 0 bridgehead atoms. The number of halogens is 1. The van der Waals surface area contributed by atoms with Crippen LogP contribution in [0.1, 0.15) is 47.2 Å². The summed E-state index contributed by atoms with van der Waals surface area (Å²) >= 11 is 6.01. The Morgan fingerprint density at radius 3 is 2.36 bits per heavy atom. The van der Waals surface area contributed by atoms with Crippen molar-refractivity contribution in [2.75, 3.05) is 25.0 Å². The number of urea groups is 1. The number of esters is 1. The standard InChI is InChI=1S/C23H32ClN5O4/c1-7-33-21(31)13-25-22(32)28(15(2)3)14-20(30)26-19-12-18(23(4,5)6)27-29(19)17-10-8-16(24)9-11-17/h8-12,15H,7,13-14H2,1-6H3,(H,25,32)(H,26,30). The molecular weight excluding hydrogens is 446 g/mol. The summed E-state index contributed by atoms with van der Waals surface area (Å²) in [5.74, 6) is -0.464. The number of benzene rings is 1. The van der Waals surface area contributed by atoms with E-state index in [4.69, 9.17) is 16.3 Å². The van der Waals surface area contributed by atoms with Gasteiger partial charge in [-0.15, -0.1) is 0 Å². The van der Waals surface area contributed by atoms with Crippen molar-refractivity contribution in [3.8, 4) is 5.69 Å². The van der Waals surface area contributed by atoms with Crippen LogP contribution in [0.3, 0.4) is 0 Å². The molecule has 0 unspecified atom stereocenters. The molecular formula is C23H32ClN5O4. The Kier molecular flexibility index (Phi) is 8.87. The molecule has 180 valence electrons. The highest BCUT2D eigenvalue weighted by Crippen LogP contribution is 2.26. The van der Waals surface area contributed by atoms with Gasteiger partial charge in [0.05, 0.1) is 18.0 Å². The second-order valence-corrected chi connectivity index (χ2v) is 9.22. The molecule has 0 aliphatic heterocycles. The second kappa shape index (κ2) is 11.2. The number of carbonyl (C=O) groups excluding carboxylic acids is 3. The quantitative estimate of drug-likeness (QED) is 0.563. The molecule has 10 heteroatoms. The van der Waals surface area contributed by atoms with Crippen LogP contribution in [0.2, 0.25) is 5.02 Å². The van der Waals surface area contributed by atoms with E-state index in [0.717, 1.165) is 11.4 Å². The van der Waals surface area contributed by atoms with Gasteiger partial charge in [-0.1, -0.05) is 32.4 Å². The minimum atomic E-state index is -0.541. The van der Waals surface area contributed by atoms with Crippen LogP contribution < -0.4 is 10.6 Å². The lowest BCUT2D eigenvalue weighted by atomic mass is 9.92. The highest BCUT2D eigenvalue weighted by atomic mass is 35.5. The van der Waals surface area contributed by atoms with Gasteiger partial charge in [-0.05, 0) is 45.0 Å². The number of amides is 3. The predicted octanol–water partition coefficient (Wildman–Crippen LogP) is 3.74. The maximum atomic E-state index is 12.9. The number of rotatable bonds is 8. The van der Waals surface area contributed by atoms with Crippen molar-refractivity contribution >= 4 is 35.3 Å². The van der Waals surface area contributed by atoms with Crippen molar-refractivity contribution in [2.24, 2.45) is 0 Å². The van der Waals surface area contributed by atoms with Gasteiger partial charge in [0.15, 0.2) is 0 Å². The predicted molar refractivity (Wildman–Crippen MR) is 128 cm³/mol. The van der Waals surface area contributed by atoms with Gasteiger partial charge in [0.2, 0.25) is 5.91 Å². The van der Waals surface area contributed by atoms with E-state index in [1.807, 2.05) is 26.8 Å². The molecule has 3 amide bonds. The van der Waals surface area contributed by atoms with Crippen molar-refractivity contribution in [2.45, 2.75) is 53.0 Å². The third-order valence-corrected chi connectivity index (χ3v) is 4.96. The maximum absolute atomic E-state index is 12.9. The van der Waals surface area contributed by atoms with Gasteiger partial charge >= 0.3 is 12.0 Å². The number of hydrogen-bond donors (Lipinski definition) is 2. The molecule has 0 fully saturated rings. The summed E-state index contributed by atoms with van der Waals surface area (Å²) in [7, 11) is 0. The SMILES string of the molecule is CCOC(=O)CNC(=O)N(CC(=O)Nc1cc(C(C)(C)C)nn1-c1ccc(Cl)cc1)C(C)C. The number of ether oxygens (including phenoxy) is 1. The molecule has 0 spiro atoms. The molecule has 0 aliphatic carbocycles. The van der Waals surface area contributed by atoms with Crippen molar-refractivity contribution in [1.29, 1.82) is 0 Å². The summed E-state index contributed by atoms with van der Waals surface area (Å²) in [5.41, 5.74) is 1.28. The monoisotopic (exact) mass is 477 g/mol. The lowest BCUT2D eigenvalue weighted by molar-refractivity contribution is -0.141. The number of anilines is 1. The fraction of sp³-hybridized carbons (Fsp3) is 0.478. The summed E-state index contributed by atoms with van der Waals surface area (Å²) in [6, 6.07) is 8.11. The van der Waals surface area contributed by atoms with E-state index < -0.39 is 17.9 Å². The number of aromatic nitrogens is 2. The molecule has 1 aromatic heterocycles. The van der Waals surface area contributed by atoms with Gasteiger partial charge in [0.25, 0.3) is 0 Å². The topological polar surface area (TPSA) is 106 Å². The first-order valence-electron chi connectivity index (χ1n) is 10.8. The normalized spacial score (nSPS) is 11.3. The van der Waals surface area contributed by atoms with Crippen LogP contribution in [-0.2, 0) is 19.7 Å². The Bertz CT molecular complexity index is 980. The van der Waals surface area contributed by atoms with Crippen LogP contribution in [0.5, 0.6) is 0 Å². The zero-order valence-electron chi connectivity index (χ0n) is 19.9. The summed E-state index contributed by atoms with van der Waals surface area (Å²) in [4.78, 5) is 38.3. The number of nitrogens with one attached hydrogen (secondary N) is 2. The molecule has 1 heterocycles. The molecule has 0 aliphatic rings. The van der Waals surface area contributed by atoms with E-state index in [1.54, 1.807) is 49.7 Å². The van der Waals surface area contributed by atoms with Crippen LogP contribution in [0.25, 0.3) is 5.69 Å². The lowest BCUT2D eigenvalue weighted by Gasteiger charge is -2.26. The van der Waals surface area contributed by atoms with E-state index in [0.29, 0.717) is 10.8 Å². The Balaban J connectivity index is 2.20. The highest BCUT2D eigenvalue weighted by molar-refractivity contribution is 6.30. The van der Waals surface area contributed by atoms with Gasteiger partial charge in [0.1, 0.15) is 18.9 Å². The lowest BCUT2D eigenvalue weighted by Crippen LogP contribution is -2.48. The van der Waals surface area contributed by atoms with Gasteiger partial charge in [-0.25, -0.2) is 9.48 Å². The average Bonchev–Trinajstić information content (AvgIpc) is 3.15. The smallest absolute Gasteiger partial charge is 0.325 e. The molecule has 0 atom stereocenters. The van der Waals surface area contributed by atoms with Crippen LogP contribution >= 0.6 is 11.6 Å². The van der Waals surface area contributed by atoms with Crippen molar-refractivity contribution < 1.29 is 19.1 Å². The van der Waals surface area contributed by atoms with Crippen LogP contribution in [0, 0.1) is 0 Å². The largest absolute Gasteiger partial charge is 0.465 e. The minimum Gasteiger partial charge on any atom is -0.465 e. The molecule has 9 nitrogen and oxygen atoms in total. The number of hydrogen-bond acceptors (Lipinski definition) is 5. The number of nitrogens with zero attached hydrogens (tertiary/aromatic N) is 3. The molecule has 0 radical (unpaired) electrons. The number of carbonyl (C=O) groups is 3. The molecule has 1 aromatic carbocycles. The van der Waals surface area contributed by atoms with Crippen LogP contribution in [-0.4, -0.2) is 58.3 Å². The van der Waals surface area contributed by atoms with E-state index in [1.165, 1.54) is 4.90 Å². The van der Waals surface area contributed by atoms with E-state index in [2.05, 4.69) is 15.7 Å². The Morgan fingerprint density at radius 1 is 1.18 bits per heavy atom. The highest BCUT2D eigenvalue weighted by Gasteiger charge is 2.24. The first-order chi connectivity index (χ1) is 15.4. The third-order valence-electron chi connectivity index (χ3n) is 4.70. The van der Waals surface area contributed by atoms with Gasteiger partial charge in [-0.2, -0.15) is 5.10 Å². The Hall–Kier alpha value is -3.07. The van der Waals surface area contributed by atoms with Crippen molar-refractivity contribution in [3.63, 3.8) is 0 Å². The summed E-state index contributed by atoms with van der Waals surface area (Å²) in [5, 5.41) is 10.6. The fourth-order valence-electron chi connectivity index (χ4n) is 2.90. The zero-order chi connectivity index (χ0) is 24.8. The van der Waals surface area contributed by atoms with E-state index in [-0.39, 0.29) is 31.2 Å². The Labute approximate surface area is 199 Å². The maximum Gasteiger partial charge on any atom is 0.325 e. The fourth-order valence-corrected chi connectivity index (χ4v) is 3.03. The molecule has 0 saturated carbocycles. The average molecular weight is 478 g/mol. The van der Waals surface area contributed by atoms with Crippen LogP contribution in [0.15, 0.2) is 30.3 Å². The Morgan fingerprint density at radius 2 is 1.82 bits per heavy atom. The summed E-state index contributed by atoms with van der Waals surface area (Å²) < 4.78 is 6.45. The molecule has 2 aromatic rings.